The lowest BCUT2D eigenvalue weighted by Gasteiger charge is -2.20. The van der Waals surface area contributed by atoms with Gasteiger partial charge in [-0.25, -0.2) is 4.79 Å². The Morgan fingerprint density at radius 1 is 1.30 bits per heavy atom. The largest absolute Gasteiger partial charge is 0.506 e. The zero-order valence-corrected chi connectivity index (χ0v) is 11.7. The second kappa shape index (κ2) is 5.40. The molecular weight excluding hydrogens is 299 g/mol. The lowest BCUT2D eigenvalue weighted by molar-refractivity contribution is -0.137. The molecule has 1 amide bonds. The summed E-state index contributed by atoms with van der Waals surface area (Å²) < 4.78 is 42.9. The number of aromatic hydroxyl groups is 1. The molecule has 0 atom stereocenters. The molecule has 0 unspecified atom stereocenters. The molecule has 0 saturated carbocycles. The molecule has 0 saturated heterocycles. The van der Waals surface area contributed by atoms with E-state index in [-0.39, 0.29) is 0 Å². The molecule has 8 heteroatoms. The predicted molar refractivity (Wildman–Crippen MR) is 68.0 cm³/mol. The van der Waals surface area contributed by atoms with Gasteiger partial charge in [0.25, 0.3) is 0 Å². The maximum atomic E-state index is 12.7. The van der Waals surface area contributed by atoms with Crippen LogP contribution in [0.4, 0.5) is 23.7 Å². The number of amides is 1. The Hall–Kier alpha value is -1.63. The van der Waals surface area contributed by atoms with E-state index in [1.165, 1.54) is 0 Å². The second-order valence-corrected chi connectivity index (χ2v) is 5.38. The van der Waals surface area contributed by atoms with E-state index in [0.29, 0.717) is 12.1 Å². The number of hydrogen-bond donors (Lipinski definition) is 2. The highest BCUT2D eigenvalue weighted by Crippen LogP contribution is 2.40. The minimum atomic E-state index is -4.70. The van der Waals surface area contributed by atoms with E-state index in [1.54, 1.807) is 20.8 Å². The molecular formula is C12H13ClF3NO3. The first-order valence-electron chi connectivity index (χ1n) is 5.50. The number of ether oxygens (including phenoxy) is 1. The average Bonchev–Trinajstić information content (AvgIpc) is 2.17. The number of rotatable bonds is 1. The van der Waals surface area contributed by atoms with Crippen LogP contribution in [-0.2, 0) is 10.9 Å². The van der Waals surface area contributed by atoms with Crippen LogP contribution in [0, 0.1) is 0 Å². The Bertz CT molecular complexity index is 524. The van der Waals surface area contributed by atoms with Gasteiger partial charge in [0.05, 0.1) is 16.3 Å². The zero-order valence-electron chi connectivity index (χ0n) is 10.9. The van der Waals surface area contributed by atoms with Crippen molar-refractivity contribution in [3.8, 4) is 5.75 Å². The minimum Gasteiger partial charge on any atom is -0.506 e. The van der Waals surface area contributed by atoms with Crippen molar-refractivity contribution in [1.29, 1.82) is 0 Å². The van der Waals surface area contributed by atoms with Gasteiger partial charge in [-0.15, -0.1) is 0 Å². The summed E-state index contributed by atoms with van der Waals surface area (Å²) in [7, 11) is 0. The minimum absolute atomic E-state index is 0.434. The molecule has 0 heterocycles. The number of carbonyl (C=O) groups excluding carboxylic acids is 1. The average molecular weight is 312 g/mol. The molecule has 4 nitrogen and oxygen atoms in total. The van der Waals surface area contributed by atoms with Crippen molar-refractivity contribution < 1.29 is 27.8 Å². The van der Waals surface area contributed by atoms with Crippen LogP contribution in [0.5, 0.6) is 5.75 Å². The summed E-state index contributed by atoms with van der Waals surface area (Å²) >= 11 is 5.41. The van der Waals surface area contributed by atoms with Gasteiger partial charge in [0.1, 0.15) is 11.4 Å². The van der Waals surface area contributed by atoms with Crippen molar-refractivity contribution in [2.45, 2.75) is 32.5 Å². The number of carbonyl (C=O) groups is 1. The third kappa shape index (κ3) is 4.48. The first-order valence-corrected chi connectivity index (χ1v) is 5.87. The standard InChI is InChI=1S/C12H13ClF3NO3/c1-11(2,3)20-10(19)17-8-4-6(12(14,15)16)7(13)5-9(8)18/h4-5,18H,1-3H3,(H,17,19). The van der Waals surface area contributed by atoms with Crippen LogP contribution in [-0.4, -0.2) is 16.8 Å². The van der Waals surface area contributed by atoms with Gasteiger partial charge in [0.2, 0.25) is 0 Å². The molecule has 1 aromatic carbocycles. The van der Waals surface area contributed by atoms with E-state index in [4.69, 9.17) is 16.3 Å². The highest BCUT2D eigenvalue weighted by atomic mass is 35.5. The molecule has 0 fully saturated rings. The molecule has 0 aliphatic carbocycles. The van der Waals surface area contributed by atoms with Crippen molar-refractivity contribution >= 4 is 23.4 Å². The number of hydrogen-bond acceptors (Lipinski definition) is 3. The second-order valence-electron chi connectivity index (χ2n) is 4.97. The quantitative estimate of drug-likeness (QED) is 0.755. The highest BCUT2D eigenvalue weighted by Gasteiger charge is 2.34. The fraction of sp³-hybridized carbons (Fsp3) is 0.417. The van der Waals surface area contributed by atoms with Gasteiger partial charge < -0.3 is 9.84 Å². The Morgan fingerprint density at radius 2 is 1.85 bits per heavy atom. The van der Waals surface area contributed by atoms with E-state index < -0.39 is 39.9 Å². The van der Waals surface area contributed by atoms with Crippen LogP contribution in [0.2, 0.25) is 5.02 Å². The molecule has 1 rings (SSSR count). The summed E-state index contributed by atoms with van der Waals surface area (Å²) in [5, 5.41) is 10.9. The van der Waals surface area contributed by atoms with Gasteiger partial charge in [-0.2, -0.15) is 13.2 Å². The lowest BCUT2D eigenvalue weighted by atomic mass is 10.1. The topological polar surface area (TPSA) is 58.6 Å². The zero-order chi connectivity index (χ0) is 15.7. The van der Waals surface area contributed by atoms with E-state index in [1.807, 2.05) is 5.32 Å². The number of phenols is 1. The third-order valence-corrected chi connectivity index (χ3v) is 2.34. The van der Waals surface area contributed by atoms with Crippen LogP contribution >= 0.6 is 11.6 Å². The first kappa shape index (κ1) is 16.4. The van der Waals surface area contributed by atoms with Crippen molar-refractivity contribution in [2.24, 2.45) is 0 Å². The molecule has 0 aliphatic rings. The van der Waals surface area contributed by atoms with Gasteiger partial charge >= 0.3 is 12.3 Å². The SMILES string of the molecule is CC(C)(C)OC(=O)Nc1cc(C(F)(F)F)c(Cl)cc1O. The van der Waals surface area contributed by atoms with Crippen LogP contribution in [0.25, 0.3) is 0 Å². The molecule has 2 N–H and O–H groups in total. The summed E-state index contributed by atoms with van der Waals surface area (Å²) in [5.41, 5.74) is -2.42. The summed E-state index contributed by atoms with van der Waals surface area (Å²) in [5.74, 6) is -0.589. The van der Waals surface area contributed by atoms with Crippen LogP contribution in [0.1, 0.15) is 26.3 Å². The van der Waals surface area contributed by atoms with Crippen molar-refractivity contribution in [1.82, 2.24) is 0 Å². The van der Waals surface area contributed by atoms with Crippen LogP contribution in [0.15, 0.2) is 12.1 Å². The predicted octanol–water partition coefficient (Wildman–Crippen LogP) is 4.41. The number of halogens is 4. The Balaban J connectivity index is 3.05. The number of phenolic OH excluding ortho intramolecular Hbond substituents is 1. The van der Waals surface area contributed by atoms with E-state index in [2.05, 4.69) is 0 Å². The van der Waals surface area contributed by atoms with Crippen LogP contribution < -0.4 is 5.32 Å². The van der Waals surface area contributed by atoms with Gasteiger partial charge in [-0.3, -0.25) is 5.32 Å². The molecule has 0 aromatic heterocycles. The Morgan fingerprint density at radius 3 is 2.30 bits per heavy atom. The number of nitrogens with one attached hydrogen (secondary N) is 1. The number of alkyl halides is 3. The van der Waals surface area contributed by atoms with Gasteiger partial charge in [-0.1, -0.05) is 11.6 Å². The third-order valence-electron chi connectivity index (χ3n) is 2.03. The maximum absolute atomic E-state index is 12.7. The summed E-state index contributed by atoms with van der Waals surface area (Å²) in [6.07, 6.45) is -5.68. The molecule has 20 heavy (non-hydrogen) atoms. The fourth-order valence-corrected chi connectivity index (χ4v) is 1.56. The van der Waals surface area contributed by atoms with Crippen molar-refractivity contribution in [3.05, 3.63) is 22.7 Å². The first-order chi connectivity index (χ1) is 8.90. The summed E-state index contributed by atoms with van der Waals surface area (Å²) in [4.78, 5) is 11.5. The maximum Gasteiger partial charge on any atom is 0.417 e. The van der Waals surface area contributed by atoms with E-state index in [0.717, 1.165) is 0 Å². The van der Waals surface area contributed by atoms with Crippen molar-refractivity contribution in [3.63, 3.8) is 0 Å². The molecule has 0 radical (unpaired) electrons. The summed E-state index contributed by atoms with van der Waals surface area (Å²) in [6, 6.07) is 1.25. The number of anilines is 1. The van der Waals surface area contributed by atoms with Crippen LogP contribution in [0.3, 0.4) is 0 Å². The normalized spacial score (nSPS) is 12.2. The molecule has 0 aliphatic heterocycles. The van der Waals surface area contributed by atoms with Gasteiger partial charge in [0, 0.05) is 6.07 Å². The van der Waals surface area contributed by atoms with Crippen molar-refractivity contribution in [2.75, 3.05) is 5.32 Å². The van der Waals surface area contributed by atoms with E-state index >= 15 is 0 Å². The Labute approximate surface area is 118 Å². The molecule has 0 bridgehead atoms. The fourth-order valence-electron chi connectivity index (χ4n) is 1.29. The Kier molecular flexibility index (Phi) is 4.43. The molecule has 1 aromatic rings. The summed E-state index contributed by atoms with van der Waals surface area (Å²) in [6.45, 7) is 4.78. The monoisotopic (exact) mass is 311 g/mol. The molecule has 0 spiro atoms. The smallest absolute Gasteiger partial charge is 0.417 e. The molecule has 112 valence electrons. The van der Waals surface area contributed by atoms with Gasteiger partial charge in [0.15, 0.2) is 0 Å². The number of benzene rings is 1. The highest BCUT2D eigenvalue weighted by molar-refractivity contribution is 6.31. The lowest BCUT2D eigenvalue weighted by Crippen LogP contribution is -2.27. The van der Waals surface area contributed by atoms with E-state index in [9.17, 15) is 23.1 Å². The van der Waals surface area contributed by atoms with Gasteiger partial charge in [-0.05, 0) is 26.8 Å².